The summed E-state index contributed by atoms with van der Waals surface area (Å²) in [6.07, 6.45) is 0. The van der Waals surface area contributed by atoms with Crippen LogP contribution >= 0.6 is 23.5 Å². The van der Waals surface area contributed by atoms with Gasteiger partial charge in [0.25, 0.3) is 11.8 Å². The van der Waals surface area contributed by atoms with Gasteiger partial charge in [-0.3, -0.25) is 9.59 Å². The maximum atomic E-state index is 12.5. The van der Waals surface area contributed by atoms with Gasteiger partial charge in [0, 0.05) is 23.0 Å². The molecule has 23 heavy (non-hydrogen) atoms. The Morgan fingerprint density at radius 3 is 2.30 bits per heavy atom. The Morgan fingerprint density at radius 2 is 1.65 bits per heavy atom. The maximum absolute atomic E-state index is 12.5. The van der Waals surface area contributed by atoms with Crippen molar-refractivity contribution in [3.05, 3.63) is 34.1 Å². The lowest BCUT2D eigenvalue weighted by molar-refractivity contribution is -0.120. The van der Waals surface area contributed by atoms with Crippen LogP contribution in [0.1, 0.15) is 0 Å². The summed E-state index contributed by atoms with van der Waals surface area (Å²) >= 11 is 2.87. The molecule has 0 aliphatic carbocycles. The third kappa shape index (κ3) is 2.29. The summed E-state index contributed by atoms with van der Waals surface area (Å²) in [7, 11) is 1.53. The summed E-state index contributed by atoms with van der Waals surface area (Å²) in [5, 5.41) is 0.815. The van der Waals surface area contributed by atoms with E-state index in [0.717, 1.165) is 21.8 Å². The molecule has 0 unspecified atom stereocenters. The summed E-state index contributed by atoms with van der Waals surface area (Å²) in [6.45, 7) is 0. The highest BCUT2D eigenvalue weighted by Crippen LogP contribution is 2.42. The molecule has 0 atom stereocenters. The van der Waals surface area contributed by atoms with E-state index in [2.05, 4.69) is 9.97 Å². The number of imide groups is 1. The molecule has 0 saturated carbocycles. The van der Waals surface area contributed by atoms with Gasteiger partial charge in [0.15, 0.2) is 5.65 Å². The molecule has 4 rings (SSSR count). The Kier molecular flexibility index (Phi) is 3.50. The molecule has 0 radical (unpaired) electrons. The van der Waals surface area contributed by atoms with Crippen molar-refractivity contribution in [1.29, 1.82) is 0 Å². The molecule has 0 N–H and O–H groups in total. The molecule has 2 aromatic heterocycles. The zero-order valence-electron chi connectivity index (χ0n) is 12.1. The molecular weight excluding hydrogens is 334 g/mol. The molecule has 0 fully saturated rings. The number of aromatic nitrogens is 2. The van der Waals surface area contributed by atoms with Gasteiger partial charge in [0.1, 0.15) is 5.82 Å². The van der Waals surface area contributed by atoms with Crippen LogP contribution in [-0.2, 0) is 9.59 Å². The summed E-state index contributed by atoms with van der Waals surface area (Å²) in [4.78, 5) is 35.9. The van der Waals surface area contributed by atoms with E-state index in [-0.39, 0.29) is 11.8 Å². The minimum atomic E-state index is -0.294. The van der Waals surface area contributed by atoms with Crippen molar-refractivity contribution in [2.75, 3.05) is 23.5 Å². The van der Waals surface area contributed by atoms with Crippen molar-refractivity contribution >= 4 is 52.2 Å². The predicted molar refractivity (Wildman–Crippen MR) is 90.5 cm³/mol. The van der Waals surface area contributed by atoms with Crippen molar-refractivity contribution < 1.29 is 14.3 Å². The zero-order chi connectivity index (χ0) is 16.0. The average Bonchev–Trinajstić information content (AvgIpc) is 2.85. The normalized spacial score (nSPS) is 17.9. The summed E-state index contributed by atoms with van der Waals surface area (Å²) in [6, 6.07) is 7.03. The smallest absolute Gasteiger partial charge is 0.274 e. The fourth-order valence-corrected chi connectivity index (χ4v) is 4.74. The number of anilines is 1. The molecule has 2 aliphatic rings. The standard InChI is InChI=1S/C15H11N3O3S2/c1-21-10-5-3-8-2-4-9(16-13(8)17-10)18-14(19)11-12(15(18)20)23-7-6-22-11/h2-5H,6-7H2,1H3. The van der Waals surface area contributed by atoms with E-state index >= 15 is 0 Å². The Labute approximate surface area is 140 Å². The van der Waals surface area contributed by atoms with Crippen LogP contribution in [0.4, 0.5) is 5.82 Å². The zero-order valence-corrected chi connectivity index (χ0v) is 13.7. The van der Waals surface area contributed by atoms with E-state index in [0.29, 0.717) is 27.2 Å². The monoisotopic (exact) mass is 345 g/mol. The topological polar surface area (TPSA) is 72.4 Å². The first kappa shape index (κ1) is 14.5. The molecule has 2 amide bonds. The molecule has 4 heterocycles. The second-order valence-electron chi connectivity index (χ2n) is 4.87. The highest BCUT2D eigenvalue weighted by atomic mass is 32.2. The highest BCUT2D eigenvalue weighted by molar-refractivity contribution is 8.11. The molecule has 6 nitrogen and oxygen atoms in total. The summed E-state index contributed by atoms with van der Waals surface area (Å²) in [5.41, 5.74) is 0.438. The number of fused-ring (bicyclic) bond motifs is 1. The van der Waals surface area contributed by atoms with Crippen LogP contribution in [-0.4, -0.2) is 40.4 Å². The van der Waals surface area contributed by atoms with Crippen molar-refractivity contribution in [3.63, 3.8) is 0 Å². The average molecular weight is 345 g/mol. The Morgan fingerprint density at radius 1 is 1.00 bits per heavy atom. The van der Waals surface area contributed by atoms with Crippen LogP contribution in [0.25, 0.3) is 11.0 Å². The quantitative estimate of drug-likeness (QED) is 0.773. The van der Waals surface area contributed by atoms with E-state index in [1.165, 1.54) is 30.6 Å². The van der Waals surface area contributed by atoms with Crippen molar-refractivity contribution in [3.8, 4) is 5.88 Å². The first-order chi connectivity index (χ1) is 11.2. The second kappa shape index (κ2) is 5.54. The third-order valence-corrected chi connectivity index (χ3v) is 6.07. The number of thioether (sulfide) groups is 2. The largest absolute Gasteiger partial charge is 0.481 e. The van der Waals surface area contributed by atoms with Crippen LogP contribution in [0, 0.1) is 0 Å². The minimum absolute atomic E-state index is 0.294. The van der Waals surface area contributed by atoms with Crippen molar-refractivity contribution in [1.82, 2.24) is 9.97 Å². The summed E-state index contributed by atoms with van der Waals surface area (Å²) < 4.78 is 5.09. The van der Waals surface area contributed by atoms with Gasteiger partial charge < -0.3 is 4.74 Å². The van der Waals surface area contributed by atoms with E-state index < -0.39 is 0 Å². The van der Waals surface area contributed by atoms with Crippen LogP contribution in [0.15, 0.2) is 34.1 Å². The molecule has 0 aromatic carbocycles. The van der Waals surface area contributed by atoms with Crippen LogP contribution < -0.4 is 9.64 Å². The number of carbonyl (C=O) groups excluding carboxylic acids is 2. The number of ether oxygens (including phenoxy) is 1. The first-order valence-electron chi connectivity index (χ1n) is 6.89. The summed E-state index contributed by atoms with van der Waals surface area (Å²) in [5.74, 6) is 1.81. The van der Waals surface area contributed by atoms with E-state index in [9.17, 15) is 9.59 Å². The number of pyridine rings is 2. The maximum Gasteiger partial charge on any atom is 0.274 e. The Bertz CT molecular complexity index is 853. The number of rotatable bonds is 2. The highest BCUT2D eigenvalue weighted by Gasteiger charge is 2.41. The van der Waals surface area contributed by atoms with Crippen LogP contribution in [0.3, 0.4) is 0 Å². The van der Waals surface area contributed by atoms with Gasteiger partial charge in [-0.2, -0.15) is 4.98 Å². The fraction of sp³-hybridized carbons (Fsp3) is 0.200. The lowest BCUT2D eigenvalue weighted by atomic mass is 10.3. The van der Waals surface area contributed by atoms with Crippen molar-refractivity contribution in [2.24, 2.45) is 0 Å². The van der Waals surface area contributed by atoms with Crippen molar-refractivity contribution in [2.45, 2.75) is 0 Å². The predicted octanol–water partition coefficient (Wildman–Crippen LogP) is 2.20. The molecule has 116 valence electrons. The molecule has 0 saturated heterocycles. The molecular formula is C15H11N3O3S2. The van der Waals surface area contributed by atoms with Gasteiger partial charge >= 0.3 is 0 Å². The van der Waals surface area contributed by atoms with Gasteiger partial charge in [-0.1, -0.05) is 0 Å². The second-order valence-corrected chi connectivity index (χ2v) is 7.08. The number of nitrogens with zero attached hydrogens (tertiary/aromatic N) is 3. The number of amides is 2. The number of hydrogen-bond acceptors (Lipinski definition) is 7. The SMILES string of the molecule is COc1ccc2ccc(N3C(=O)C4=C(SCCS4)C3=O)nc2n1. The Hall–Kier alpha value is -2.06. The molecule has 2 aliphatic heterocycles. The van der Waals surface area contributed by atoms with E-state index in [4.69, 9.17) is 4.74 Å². The van der Waals surface area contributed by atoms with Gasteiger partial charge in [0.05, 0.1) is 16.9 Å². The first-order valence-corrected chi connectivity index (χ1v) is 8.86. The lowest BCUT2D eigenvalue weighted by Crippen LogP contribution is -2.31. The van der Waals surface area contributed by atoms with Gasteiger partial charge in [-0.05, 0) is 18.2 Å². The van der Waals surface area contributed by atoms with E-state index in [1.807, 2.05) is 6.07 Å². The molecule has 0 spiro atoms. The number of hydrogen-bond donors (Lipinski definition) is 0. The third-order valence-electron chi connectivity index (χ3n) is 3.53. The number of carbonyl (C=O) groups is 2. The van der Waals surface area contributed by atoms with Gasteiger partial charge in [0.2, 0.25) is 5.88 Å². The fourth-order valence-electron chi connectivity index (χ4n) is 2.45. The number of methoxy groups -OCH3 is 1. The van der Waals surface area contributed by atoms with Gasteiger partial charge in [-0.15, -0.1) is 23.5 Å². The molecule has 2 aromatic rings. The molecule has 0 bridgehead atoms. The lowest BCUT2D eigenvalue weighted by Gasteiger charge is -2.13. The Balaban J connectivity index is 1.77. The van der Waals surface area contributed by atoms with Gasteiger partial charge in [-0.25, -0.2) is 9.88 Å². The van der Waals surface area contributed by atoms with E-state index in [1.54, 1.807) is 18.2 Å². The van der Waals surface area contributed by atoms with Crippen LogP contribution in [0.2, 0.25) is 0 Å². The minimum Gasteiger partial charge on any atom is -0.481 e. The van der Waals surface area contributed by atoms with Crippen LogP contribution in [0.5, 0.6) is 5.88 Å². The molecule has 8 heteroatoms.